The summed E-state index contributed by atoms with van der Waals surface area (Å²) < 4.78 is 0. The van der Waals surface area contributed by atoms with E-state index in [2.05, 4.69) is 108 Å². The van der Waals surface area contributed by atoms with Crippen LogP contribution >= 0.6 is 0 Å². The van der Waals surface area contributed by atoms with Crippen LogP contribution in [-0.4, -0.2) is 31.2 Å². The Labute approximate surface area is 214 Å². The molecule has 2 amide bonds. The van der Waals surface area contributed by atoms with Gasteiger partial charge in [-0.1, -0.05) is 82.6 Å². The maximum atomic E-state index is 12.6. The number of carbonyl (C=O) groups is 2. The highest BCUT2D eigenvalue weighted by atomic mass is 16.2. The molecule has 0 rings (SSSR count). The van der Waals surface area contributed by atoms with Gasteiger partial charge in [0.1, 0.15) is 7.85 Å². The first-order chi connectivity index (χ1) is 14.9. The smallest absolute Gasteiger partial charge is 0.220 e. The van der Waals surface area contributed by atoms with Crippen molar-refractivity contribution in [2.45, 2.75) is 147 Å². The minimum absolute atomic E-state index is 0.00420. The minimum atomic E-state index is -0.226. The molecule has 0 aliphatic heterocycles. The van der Waals surface area contributed by atoms with Crippen LogP contribution in [0.25, 0.3) is 0 Å². The molecule has 0 aromatic heterocycles. The largest absolute Gasteiger partial charge is 0.353 e. The molecule has 0 spiro atoms. The third-order valence-corrected chi connectivity index (χ3v) is 9.01. The molecular weight excluding hydrogens is 419 g/mol. The molecular formula is C29H59BN2O2. The molecule has 2 N–H and O–H groups in total. The average Bonchev–Trinajstić information content (AvgIpc) is 2.57. The molecule has 0 bridgehead atoms. The van der Waals surface area contributed by atoms with Gasteiger partial charge in [0.15, 0.2) is 0 Å². The van der Waals surface area contributed by atoms with Crippen LogP contribution in [0.2, 0.25) is 6.32 Å². The topological polar surface area (TPSA) is 58.2 Å². The summed E-state index contributed by atoms with van der Waals surface area (Å²) in [5.74, 6) is 0.260. The Morgan fingerprint density at radius 1 is 0.735 bits per heavy atom. The van der Waals surface area contributed by atoms with Crippen molar-refractivity contribution in [3.05, 3.63) is 0 Å². The van der Waals surface area contributed by atoms with Crippen LogP contribution in [0.5, 0.6) is 0 Å². The number of amides is 2. The number of nitrogens with one attached hydrogen (secondary N) is 2. The fraction of sp³-hybridized carbons (Fsp3) is 0.931. The van der Waals surface area contributed by atoms with Crippen molar-refractivity contribution in [3.63, 3.8) is 0 Å². The third kappa shape index (κ3) is 9.94. The van der Waals surface area contributed by atoms with E-state index in [9.17, 15) is 9.59 Å². The maximum absolute atomic E-state index is 12.6. The molecule has 0 fully saturated rings. The molecule has 0 aromatic carbocycles. The van der Waals surface area contributed by atoms with Gasteiger partial charge in [-0.25, -0.2) is 0 Å². The highest BCUT2D eigenvalue weighted by molar-refractivity contribution is 6.19. The van der Waals surface area contributed by atoms with E-state index >= 15 is 0 Å². The molecule has 1 atom stereocenters. The van der Waals surface area contributed by atoms with Crippen molar-refractivity contribution in [2.24, 2.45) is 27.1 Å². The van der Waals surface area contributed by atoms with Crippen molar-refractivity contribution < 1.29 is 9.59 Å². The van der Waals surface area contributed by atoms with Gasteiger partial charge in [0.2, 0.25) is 11.8 Å². The molecule has 0 aliphatic carbocycles. The minimum Gasteiger partial charge on any atom is -0.353 e. The van der Waals surface area contributed by atoms with Crippen molar-refractivity contribution in [1.82, 2.24) is 10.6 Å². The fourth-order valence-electron chi connectivity index (χ4n) is 5.03. The van der Waals surface area contributed by atoms with E-state index in [0.29, 0.717) is 12.7 Å². The summed E-state index contributed by atoms with van der Waals surface area (Å²) in [5.41, 5.74) is 0.0214. The molecule has 0 aromatic rings. The average molecular weight is 479 g/mol. The number of carbonyl (C=O) groups excluding carboxylic acids is 2. The van der Waals surface area contributed by atoms with Crippen LogP contribution in [0.1, 0.15) is 129 Å². The SMILES string of the molecule is BCC(=O)NC(C)(C)CC(C)(C)C(C)(C)CCCC(C)(C)C(C)(C)C(C)NC(=O)CC(C)(C)C. The lowest BCUT2D eigenvalue weighted by Gasteiger charge is -2.49. The molecule has 5 heteroatoms. The van der Waals surface area contributed by atoms with Crippen molar-refractivity contribution in [2.75, 3.05) is 0 Å². The van der Waals surface area contributed by atoms with Crippen LogP contribution < -0.4 is 10.6 Å². The summed E-state index contributed by atoms with van der Waals surface area (Å²) in [5, 5.41) is 6.49. The maximum Gasteiger partial charge on any atom is 0.220 e. The second-order valence-corrected chi connectivity index (χ2v) is 15.2. The molecule has 0 radical (unpaired) electrons. The predicted molar refractivity (Wildman–Crippen MR) is 151 cm³/mol. The molecule has 0 saturated heterocycles. The van der Waals surface area contributed by atoms with Gasteiger partial charge in [0.25, 0.3) is 0 Å². The highest BCUT2D eigenvalue weighted by Crippen LogP contribution is 2.50. The van der Waals surface area contributed by atoms with Gasteiger partial charge in [-0.3, -0.25) is 9.59 Å². The Hall–Kier alpha value is -0.995. The second kappa shape index (κ2) is 11.4. The molecule has 0 heterocycles. The zero-order chi connectivity index (χ0) is 27.4. The van der Waals surface area contributed by atoms with Gasteiger partial charge >= 0.3 is 0 Å². The highest BCUT2D eigenvalue weighted by Gasteiger charge is 2.44. The number of hydrogen-bond acceptors (Lipinski definition) is 2. The van der Waals surface area contributed by atoms with E-state index < -0.39 is 0 Å². The summed E-state index contributed by atoms with van der Waals surface area (Å²) in [4.78, 5) is 24.6. The summed E-state index contributed by atoms with van der Waals surface area (Å²) in [7, 11) is 1.90. The van der Waals surface area contributed by atoms with E-state index in [1.807, 2.05) is 7.85 Å². The molecule has 4 nitrogen and oxygen atoms in total. The van der Waals surface area contributed by atoms with Gasteiger partial charge in [0.05, 0.1) is 0 Å². The lowest BCUT2D eigenvalue weighted by Crippen LogP contribution is -2.50. The lowest BCUT2D eigenvalue weighted by atomic mass is 9.59. The third-order valence-electron chi connectivity index (χ3n) is 9.01. The van der Waals surface area contributed by atoms with Gasteiger partial charge in [-0.05, 0) is 73.4 Å². The van der Waals surface area contributed by atoms with Crippen LogP contribution in [0.3, 0.4) is 0 Å². The van der Waals surface area contributed by atoms with Crippen LogP contribution in [0, 0.1) is 27.1 Å². The summed E-state index contributed by atoms with van der Waals surface area (Å²) in [6, 6.07) is 0.102. The lowest BCUT2D eigenvalue weighted by molar-refractivity contribution is -0.125. The monoisotopic (exact) mass is 478 g/mol. The van der Waals surface area contributed by atoms with Gasteiger partial charge < -0.3 is 10.6 Å². The van der Waals surface area contributed by atoms with E-state index in [-0.39, 0.29) is 50.5 Å². The molecule has 0 saturated carbocycles. The van der Waals surface area contributed by atoms with Crippen molar-refractivity contribution in [1.29, 1.82) is 0 Å². The van der Waals surface area contributed by atoms with E-state index in [1.165, 1.54) is 0 Å². The molecule has 0 aliphatic rings. The first-order valence-electron chi connectivity index (χ1n) is 13.5. The Bertz CT molecular complexity index is 685. The predicted octanol–water partition coefficient (Wildman–Crippen LogP) is 6.54. The Kier molecular flexibility index (Phi) is 11.0. The summed E-state index contributed by atoms with van der Waals surface area (Å²) in [6.45, 7) is 31.5. The first-order valence-corrected chi connectivity index (χ1v) is 13.5. The quantitative estimate of drug-likeness (QED) is 0.295. The van der Waals surface area contributed by atoms with Crippen LogP contribution in [0.15, 0.2) is 0 Å². The van der Waals surface area contributed by atoms with E-state index in [0.717, 1.165) is 25.7 Å². The standard InChI is InChI=1S/C29H59BN2O2/c1-21(31-22(33)18-24(2,3)4)29(13,14)26(7,8)17-15-16-25(5,6)27(9,10)20-28(11,12)32-23(34)19-30/h21H,15-20,30H2,1-14H3,(H,31,33)(H,32,34). The molecule has 1 unspecified atom stereocenters. The second-order valence-electron chi connectivity index (χ2n) is 15.2. The van der Waals surface area contributed by atoms with E-state index in [1.54, 1.807) is 0 Å². The summed E-state index contributed by atoms with van der Waals surface area (Å²) in [6.07, 6.45) is 5.37. The molecule has 200 valence electrons. The zero-order valence-corrected chi connectivity index (χ0v) is 25.6. The molecule has 34 heavy (non-hydrogen) atoms. The fourth-order valence-corrected chi connectivity index (χ4v) is 5.03. The first kappa shape index (κ1) is 33.0. The Morgan fingerprint density at radius 3 is 1.65 bits per heavy atom. The van der Waals surface area contributed by atoms with E-state index in [4.69, 9.17) is 0 Å². The van der Waals surface area contributed by atoms with Gasteiger partial charge in [-0.15, -0.1) is 0 Å². The normalized spacial score (nSPS) is 15.1. The zero-order valence-electron chi connectivity index (χ0n) is 25.6. The Balaban J connectivity index is 5.17. The van der Waals surface area contributed by atoms with Crippen LogP contribution in [-0.2, 0) is 9.59 Å². The van der Waals surface area contributed by atoms with Crippen molar-refractivity contribution in [3.8, 4) is 0 Å². The van der Waals surface area contributed by atoms with Crippen LogP contribution in [0.4, 0.5) is 0 Å². The van der Waals surface area contributed by atoms with Crippen molar-refractivity contribution >= 4 is 19.7 Å². The number of hydrogen-bond donors (Lipinski definition) is 2. The van der Waals surface area contributed by atoms with Gasteiger partial charge in [0, 0.05) is 18.0 Å². The van der Waals surface area contributed by atoms with Gasteiger partial charge in [-0.2, -0.15) is 0 Å². The number of rotatable bonds is 13. The summed E-state index contributed by atoms with van der Waals surface area (Å²) >= 11 is 0. The Morgan fingerprint density at radius 2 is 1.21 bits per heavy atom.